The maximum absolute atomic E-state index is 14.3. The number of hydrogen-bond donors (Lipinski definition) is 3. The summed E-state index contributed by atoms with van der Waals surface area (Å²) in [5, 5.41) is 16.3. The van der Waals surface area contributed by atoms with Crippen molar-refractivity contribution in [2.75, 3.05) is 17.7 Å². The van der Waals surface area contributed by atoms with Crippen LogP contribution in [0.5, 0.6) is 5.75 Å². The molecule has 0 amide bonds. The van der Waals surface area contributed by atoms with Crippen LogP contribution < -0.4 is 15.4 Å². The van der Waals surface area contributed by atoms with E-state index in [0.717, 1.165) is 24.3 Å². The first-order valence-electron chi connectivity index (χ1n) is 11.0. The number of para-hydroxylation sites is 1. The van der Waals surface area contributed by atoms with E-state index in [2.05, 4.69) is 20.6 Å². The molecule has 3 N–H and O–H groups in total. The number of aliphatic hydroxyl groups is 1. The topological polar surface area (TPSA) is 97.1 Å². The van der Waals surface area contributed by atoms with Crippen molar-refractivity contribution in [1.29, 1.82) is 0 Å². The number of aromatic nitrogens is 4. The average molecular weight is 449 g/mol. The first-order chi connectivity index (χ1) is 16.1. The quantitative estimate of drug-likeness (QED) is 0.384. The number of ether oxygens (including phenoxy) is 1. The van der Waals surface area contributed by atoms with Gasteiger partial charge in [-0.1, -0.05) is 12.1 Å². The van der Waals surface area contributed by atoms with Gasteiger partial charge in [-0.2, -0.15) is 4.98 Å². The maximum atomic E-state index is 14.3. The summed E-state index contributed by atoms with van der Waals surface area (Å²) in [6.07, 6.45) is 4.33. The third-order valence-electron chi connectivity index (χ3n) is 5.93. The van der Waals surface area contributed by atoms with Crippen molar-refractivity contribution in [2.45, 2.75) is 37.8 Å². The van der Waals surface area contributed by atoms with Crippen molar-refractivity contribution in [2.24, 2.45) is 0 Å². The van der Waals surface area contributed by atoms with Gasteiger partial charge in [0.1, 0.15) is 17.1 Å². The van der Waals surface area contributed by atoms with Gasteiger partial charge in [0, 0.05) is 11.7 Å². The van der Waals surface area contributed by atoms with E-state index >= 15 is 0 Å². The first-order valence-corrected chi connectivity index (χ1v) is 11.0. The molecule has 0 bridgehead atoms. The SMILES string of the molecule is COc1ccc(Nc2ncc3nc(Nc4ccccc4F)n([C@H]4CC[C@@H](O)CC4)c3n2)cc1. The fraction of sp³-hybridized carbons (Fsp3) is 0.292. The number of imidazole rings is 1. The second-order valence-electron chi connectivity index (χ2n) is 8.13. The Bertz CT molecular complexity index is 1250. The van der Waals surface area contributed by atoms with Crippen molar-refractivity contribution in [1.82, 2.24) is 19.5 Å². The Morgan fingerprint density at radius 3 is 2.48 bits per heavy atom. The number of hydrogen-bond acceptors (Lipinski definition) is 7. The van der Waals surface area contributed by atoms with Gasteiger partial charge in [-0.25, -0.2) is 14.4 Å². The van der Waals surface area contributed by atoms with Crippen LogP contribution in [0, 0.1) is 5.82 Å². The van der Waals surface area contributed by atoms with Gasteiger partial charge in [0.05, 0.1) is 25.1 Å². The molecule has 2 aromatic carbocycles. The van der Waals surface area contributed by atoms with Gasteiger partial charge in [-0.3, -0.25) is 4.57 Å². The van der Waals surface area contributed by atoms with Gasteiger partial charge in [-0.15, -0.1) is 0 Å². The van der Waals surface area contributed by atoms with Gasteiger partial charge in [0.25, 0.3) is 0 Å². The summed E-state index contributed by atoms with van der Waals surface area (Å²) in [6.45, 7) is 0. The molecule has 0 unspecified atom stereocenters. The highest BCUT2D eigenvalue weighted by molar-refractivity contribution is 5.77. The van der Waals surface area contributed by atoms with Crippen LogP contribution in [0.2, 0.25) is 0 Å². The summed E-state index contributed by atoms with van der Waals surface area (Å²) >= 11 is 0. The van der Waals surface area contributed by atoms with Crippen LogP contribution in [0.4, 0.5) is 27.7 Å². The molecule has 0 aliphatic heterocycles. The highest BCUT2D eigenvalue weighted by Crippen LogP contribution is 2.35. The maximum Gasteiger partial charge on any atom is 0.229 e. The fourth-order valence-electron chi connectivity index (χ4n) is 4.19. The molecule has 1 saturated carbocycles. The summed E-state index contributed by atoms with van der Waals surface area (Å²) in [5.41, 5.74) is 2.43. The number of anilines is 4. The second-order valence-corrected chi connectivity index (χ2v) is 8.13. The molecular formula is C24H25FN6O2. The fourth-order valence-corrected chi connectivity index (χ4v) is 4.19. The van der Waals surface area contributed by atoms with E-state index in [1.54, 1.807) is 31.5 Å². The first kappa shape index (κ1) is 21.1. The number of nitrogens with one attached hydrogen (secondary N) is 2. The number of nitrogens with zero attached hydrogens (tertiary/aromatic N) is 4. The lowest BCUT2D eigenvalue weighted by Gasteiger charge is -2.28. The Hall–Kier alpha value is -3.72. The molecule has 9 heteroatoms. The Morgan fingerprint density at radius 1 is 1.00 bits per heavy atom. The molecule has 2 heterocycles. The summed E-state index contributed by atoms with van der Waals surface area (Å²) in [5.74, 6) is 1.34. The van der Waals surface area contributed by atoms with E-state index in [1.807, 2.05) is 28.8 Å². The van der Waals surface area contributed by atoms with E-state index in [1.165, 1.54) is 6.07 Å². The summed E-state index contributed by atoms with van der Waals surface area (Å²) in [6, 6.07) is 14.1. The highest BCUT2D eigenvalue weighted by Gasteiger charge is 2.26. The molecule has 33 heavy (non-hydrogen) atoms. The zero-order valence-corrected chi connectivity index (χ0v) is 18.2. The number of benzene rings is 2. The van der Waals surface area contributed by atoms with E-state index in [9.17, 15) is 9.50 Å². The zero-order chi connectivity index (χ0) is 22.8. The summed E-state index contributed by atoms with van der Waals surface area (Å²) in [4.78, 5) is 13.8. The van der Waals surface area contributed by atoms with Crippen LogP contribution >= 0.6 is 0 Å². The van der Waals surface area contributed by atoms with E-state index in [4.69, 9.17) is 9.72 Å². The van der Waals surface area contributed by atoms with Gasteiger partial charge in [0.15, 0.2) is 5.65 Å². The number of fused-ring (bicyclic) bond motifs is 1. The third-order valence-corrected chi connectivity index (χ3v) is 5.93. The van der Waals surface area contributed by atoms with Crippen molar-refractivity contribution < 1.29 is 14.2 Å². The molecule has 0 atom stereocenters. The zero-order valence-electron chi connectivity index (χ0n) is 18.2. The van der Waals surface area contributed by atoms with E-state index in [-0.39, 0.29) is 18.0 Å². The number of aliphatic hydroxyl groups excluding tert-OH is 1. The smallest absolute Gasteiger partial charge is 0.229 e. The predicted molar refractivity (Wildman–Crippen MR) is 125 cm³/mol. The van der Waals surface area contributed by atoms with Gasteiger partial charge >= 0.3 is 0 Å². The summed E-state index contributed by atoms with van der Waals surface area (Å²) in [7, 11) is 1.62. The largest absolute Gasteiger partial charge is 0.497 e. The third kappa shape index (κ3) is 4.45. The Kier molecular flexibility index (Phi) is 5.78. The minimum Gasteiger partial charge on any atom is -0.497 e. The predicted octanol–water partition coefficient (Wildman–Crippen LogP) is 4.94. The molecule has 1 fully saturated rings. The van der Waals surface area contributed by atoms with Crippen LogP contribution in [0.25, 0.3) is 11.2 Å². The van der Waals surface area contributed by atoms with Crippen LogP contribution in [0.3, 0.4) is 0 Å². The molecule has 2 aromatic heterocycles. The van der Waals surface area contributed by atoms with Crippen molar-refractivity contribution >= 4 is 34.4 Å². The van der Waals surface area contributed by atoms with Crippen LogP contribution in [0.1, 0.15) is 31.7 Å². The van der Waals surface area contributed by atoms with Gasteiger partial charge in [0.2, 0.25) is 11.9 Å². The van der Waals surface area contributed by atoms with Crippen molar-refractivity contribution in [3.05, 3.63) is 60.5 Å². The lowest BCUT2D eigenvalue weighted by Crippen LogP contribution is -2.22. The van der Waals surface area contributed by atoms with Gasteiger partial charge < -0.3 is 20.5 Å². The van der Waals surface area contributed by atoms with Crippen LogP contribution in [0.15, 0.2) is 54.7 Å². The van der Waals surface area contributed by atoms with Crippen LogP contribution in [-0.2, 0) is 0 Å². The molecular weight excluding hydrogens is 423 g/mol. The Morgan fingerprint density at radius 2 is 1.76 bits per heavy atom. The Balaban J connectivity index is 1.53. The molecule has 0 radical (unpaired) electrons. The number of rotatable bonds is 6. The summed E-state index contributed by atoms with van der Waals surface area (Å²) < 4.78 is 21.6. The van der Waals surface area contributed by atoms with E-state index in [0.29, 0.717) is 41.6 Å². The van der Waals surface area contributed by atoms with Gasteiger partial charge in [-0.05, 0) is 62.1 Å². The minimum atomic E-state index is -0.358. The van der Waals surface area contributed by atoms with E-state index < -0.39 is 0 Å². The van der Waals surface area contributed by atoms with Crippen molar-refractivity contribution in [3.63, 3.8) is 0 Å². The lowest BCUT2D eigenvalue weighted by molar-refractivity contribution is 0.112. The second kappa shape index (κ2) is 9.03. The molecule has 1 aliphatic carbocycles. The van der Waals surface area contributed by atoms with Crippen molar-refractivity contribution in [3.8, 4) is 5.75 Å². The van der Waals surface area contributed by atoms with Crippen LogP contribution in [-0.4, -0.2) is 37.8 Å². The monoisotopic (exact) mass is 448 g/mol. The standard InChI is InChI=1S/C24H25FN6O2/c1-33-18-12-6-15(7-13-18)27-23-26-14-21-22(30-23)31(16-8-10-17(32)11-9-16)24(29-21)28-20-5-3-2-4-19(20)25/h2-7,12-14,16-17,32H,8-11H2,1H3,(H,28,29)(H,26,27,30)/t16-,17+. The molecule has 170 valence electrons. The molecule has 4 aromatic rings. The molecule has 1 aliphatic rings. The Labute approximate surface area is 190 Å². The molecule has 5 rings (SSSR count). The molecule has 0 saturated heterocycles. The average Bonchev–Trinajstić information content (AvgIpc) is 3.19. The minimum absolute atomic E-state index is 0.0800. The number of halogens is 1. The molecule has 0 spiro atoms. The highest BCUT2D eigenvalue weighted by atomic mass is 19.1. The lowest BCUT2D eigenvalue weighted by atomic mass is 9.93. The number of methoxy groups -OCH3 is 1. The molecule has 8 nitrogen and oxygen atoms in total. The normalized spacial score (nSPS) is 18.3.